The van der Waals surface area contributed by atoms with Crippen LogP contribution in [0.25, 0.3) is 0 Å². The van der Waals surface area contributed by atoms with Crippen molar-refractivity contribution in [1.82, 2.24) is 4.98 Å². The van der Waals surface area contributed by atoms with Crippen molar-refractivity contribution >= 4 is 27.5 Å². The van der Waals surface area contributed by atoms with E-state index in [4.69, 9.17) is 16.3 Å². The van der Waals surface area contributed by atoms with Gasteiger partial charge in [0.05, 0.1) is 16.0 Å². The quantitative estimate of drug-likeness (QED) is 0.777. The molecule has 0 amide bonds. The van der Waals surface area contributed by atoms with Crippen molar-refractivity contribution in [2.45, 2.75) is 5.88 Å². The van der Waals surface area contributed by atoms with Gasteiger partial charge in [0.15, 0.2) is 0 Å². The van der Waals surface area contributed by atoms with Crippen LogP contribution in [0.15, 0.2) is 40.9 Å². The van der Waals surface area contributed by atoms with E-state index in [2.05, 4.69) is 20.9 Å². The molecule has 1 aromatic heterocycles. The number of hydrogen-bond donors (Lipinski definition) is 0. The average molecular weight is 317 g/mol. The molecule has 2 rings (SSSR count). The molecule has 0 aliphatic carbocycles. The van der Waals surface area contributed by atoms with E-state index in [1.54, 1.807) is 18.2 Å². The van der Waals surface area contributed by atoms with Gasteiger partial charge in [0.2, 0.25) is 5.88 Å². The summed E-state index contributed by atoms with van der Waals surface area (Å²) in [6, 6.07) is 9.52. The predicted octanol–water partition coefficient (Wildman–Crippen LogP) is 4.51. The Morgan fingerprint density at radius 1 is 1.29 bits per heavy atom. The number of alkyl halides is 1. The van der Waals surface area contributed by atoms with Crippen LogP contribution in [0.1, 0.15) is 5.69 Å². The van der Waals surface area contributed by atoms with Crippen molar-refractivity contribution in [1.29, 1.82) is 0 Å². The monoisotopic (exact) mass is 315 g/mol. The van der Waals surface area contributed by atoms with Gasteiger partial charge in [-0.1, -0.05) is 6.07 Å². The maximum Gasteiger partial charge on any atom is 0.219 e. The molecule has 0 aliphatic heterocycles. The third kappa shape index (κ3) is 3.17. The number of nitrogens with zero attached hydrogens (tertiary/aromatic N) is 1. The molecule has 0 aliphatic rings. The van der Waals surface area contributed by atoms with E-state index in [1.807, 2.05) is 0 Å². The summed E-state index contributed by atoms with van der Waals surface area (Å²) in [4.78, 5) is 4.18. The first-order valence-electron chi connectivity index (χ1n) is 4.84. The zero-order valence-electron chi connectivity index (χ0n) is 8.66. The number of aromatic nitrogens is 1. The largest absolute Gasteiger partial charge is 0.438 e. The number of rotatable bonds is 3. The lowest BCUT2D eigenvalue weighted by molar-refractivity contribution is 0.457. The van der Waals surface area contributed by atoms with Crippen molar-refractivity contribution in [3.63, 3.8) is 0 Å². The van der Waals surface area contributed by atoms with Crippen LogP contribution >= 0.6 is 27.5 Å². The van der Waals surface area contributed by atoms with Crippen molar-refractivity contribution in [2.24, 2.45) is 0 Å². The van der Waals surface area contributed by atoms with E-state index in [-0.39, 0.29) is 5.82 Å². The van der Waals surface area contributed by atoms with E-state index in [1.165, 1.54) is 18.2 Å². The molecule has 2 nitrogen and oxygen atoms in total. The number of pyridine rings is 1. The molecule has 17 heavy (non-hydrogen) atoms. The van der Waals surface area contributed by atoms with Gasteiger partial charge in [-0.3, -0.25) is 0 Å². The first-order valence-corrected chi connectivity index (χ1v) is 6.16. The van der Waals surface area contributed by atoms with E-state index in [9.17, 15) is 4.39 Å². The summed E-state index contributed by atoms with van der Waals surface area (Å²) in [7, 11) is 0. The van der Waals surface area contributed by atoms with Crippen molar-refractivity contribution in [3.05, 3.63) is 52.4 Å². The van der Waals surface area contributed by atoms with Crippen LogP contribution < -0.4 is 4.74 Å². The van der Waals surface area contributed by atoms with E-state index < -0.39 is 0 Å². The molecule has 0 fully saturated rings. The molecule has 0 N–H and O–H groups in total. The van der Waals surface area contributed by atoms with Gasteiger partial charge in [-0.25, -0.2) is 9.37 Å². The first-order chi connectivity index (χ1) is 8.19. The Labute approximate surface area is 112 Å². The minimum atomic E-state index is -0.327. The van der Waals surface area contributed by atoms with Gasteiger partial charge in [0.25, 0.3) is 0 Å². The molecule has 0 spiro atoms. The molecule has 1 aromatic carbocycles. The molecule has 1 heterocycles. The highest BCUT2D eigenvalue weighted by atomic mass is 79.9. The van der Waals surface area contributed by atoms with Crippen LogP contribution in [0.5, 0.6) is 11.6 Å². The van der Waals surface area contributed by atoms with Crippen LogP contribution in [0.4, 0.5) is 4.39 Å². The SMILES string of the molecule is Fc1ccc(Oc2cccc(CCl)n2)c(Br)c1. The number of hydrogen-bond acceptors (Lipinski definition) is 2. The van der Waals surface area contributed by atoms with Crippen LogP contribution in [0, 0.1) is 5.82 Å². The summed E-state index contributed by atoms with van der Waals surface area (Å²) in [5, 5.41) is 0. The summed E-state index contributed by atoms with van der Waals surface area (Å²) in [5.74, 6) is 0.926. The molecule has 0 atom stereocenters. The van der Waals surface area contributed by atoms with Crippen LogP contribution in [0.3, 0.4) is 0 Å². The van der Waals surface area contributed by atoms with Crippen molar-refractivity contribution in [3.8, 4) is 11.6 Å². The highest BCUT2D eigenvalue weighted by Gasteiger charge is 2.05. The maximum atomic E-state index is 12.9. The molecular formula is C12H8BrClFNO. The van der Waals surface area contributed by atoms with Crippen LogP contribution in [0.2, 0.25) is 0 Å². The first kappa shape index (κ1) is 12.3. The third-order valence-electron chi connectivity index (χ3n) is 2.03. The Balaban J connectivity index is 2.25. The fourth-order valence-electron chi connectivity index (χ4n) is 1.26. The lowest BCUT2D eigenvalue weighted by Crippen LogP contribution is -1.92. The molecular weight excluding hydrogens is 308 g/mol. The molecule has 0 saturated carbocycles. The van der Waals surface area contributed by atoms with E-state index >= 15 is 0 Å². The minimum absolute atomic E-state index is 0.321. The number of ether oxygens (including phenoxy) is 1. The Morgan fingerprint density at radius 3 is 2.82 bits per heavy atom. The highest BCUT2D eigenvalue weighted by molar-refractivity contribution is 9.10. The lowest BCUT2D eigenvalue weighted by Gasteiger charge is -2.07. The Hall–Kier alpha value is -1.13. The standard InChI is InChI=1S/C12H8BrClFNO/c13-10-6-8(15)4-5-11(10)17-12-3-1-2-9(7-14)16-12/h1-6H,7H2. The van der Waals surface area contributed by atoms with Crippen molar-refractivity contribution in [2.75, 3.05) is 0 Å². The molecule has 88 valence electrons. The summed E-state index contributed by atoms with van der Waals surface area (Å²) < 4.78 is 18.9. The number of halogens is 3. The Kier molecular flexibility index (Phi) is 3.97. The Bertz CT molecular complexity index is 536. The second kappa shape index (κ2) is 5.47. The second-order valence-corrected chi connectivity index (χ2v) is 4.40. The smallest absolute Gasteiger partial charge is 0.219 e. The van der Waals surface area contributed by atoms with Gasteiger partial charge in [-0.15, -0.1) is 11.6 Å². The summed E-state index contributed by atoms with van der Waals surface area (Å²) in [5.41, 5.74) is 0.724. The van der Waals surface area contributed by atoms with Gasteiger partial charge in [0, 0.05) is 6.07 Å². The van der Waals surface area contributed by atoms with E-state index in [0.717, 1.165) is 5.69 Å². The molecule has 0 saturated heterocycles. The predicted molar refractivity (Wildman–Crippen MR) is 68.0 cm³/mol. The maximum absolute atomic E-state index is 12.9. The number of benzene rings is 1. The van der Waals surface area contributed by atoms with Crippen LogP contribution in [-0.2, 0) is 5.88 Å². The normalized spacial score (nSPS) is 10.3. The van der Waals surface area contributed by atoms with Gasteiger partial charge in [-0.05, 0) is 40.2 Å². The molecule has 0 unspecified atom stereocenters. The molecule has 2 aromatic rings. The van der Waals surface area contributed by atoms with Crippen LogP contribution in [-0.4, -0.2) is 4.98 Å². The van der Waals surface area contributed by atoms with E-state index in [0.29, 0.717) is 22.0 Å². The van der Waals surface area contributed by atoms with Gasteiger partial charge in [-0.2, -0.15) is 0 Å². The molecule has 0 radical (unpaired) electrons. The Morgan fingerprint density at radius 2 is 2.12 bits per heavy atom. The zero-order chi connectivity index (χ0) is 12.3. The van der Waals surface area contributed by atoms with Crippen molar-refractivity contribution < 1.29 is 9.13 Å². The van der Waals surface area contributed by atoms with Gasteiger partial charge < -0.3 is 4.74 Å². The summed E-state index contributed by atoms with van der Waals surface area (Å²) in [6.07, 6.45) is 0. The average Bonchev–Trinajstić information content (AvgIpc) is 2.33. The fraction of sp³-hybridized carbons (Fsp3) is 0.0833. The third-order valence-corrected chi connectivity index (χ3v) is 2.92. The minimum Gasteiger partial charge on any atom is -0.438 e. The summed E-state index contributed by atoms with van der Waals surface area (Å²) in [6.45, 7) is 0. The zero-order valence-corrected chi connectivity index (χ0v) is 11.0. The van der Waals surface area contributed by atoms with Gasteiger partial charge in [0.1, 0.15) is 11.6 Å². The highest BCUT2D eigenvalue weighted by Crippen LogP contribution is 2.29. The molecule has 5 heteroatoms. The summed E-state index contributed by atoms with van der Waals surface area (Å²) >= 11 is 8.90. The van der Waals surface area contributed by atoms with Gasteiger partial charge >= 0.3 is 0 Å². The second-order valence-electron chi connectivity index (χ2n) is 3.28. The lowest BCUT2D eigenvalue weighted by atomic mass is 10.3. The fourth-order valence-corrected chi connectivity index (χ4v) is 1.84. The topological polar surface area (TPSA) is 22.1 Å². The molecule has 0 bridgehead atoms.